The SMILES string of the molecule is O=S(=O)(Nc1ccc2[nH]ccc2c1)c1ccc(C(F)(F)F)cc1. The van der Waals surface area contributed by atoms with Crippen molar-refractivity contribution in [2.24, 2.45) is 0 Å². The number of alkyl halides is 3. The van der Waals surface area contributed by atoms with Gasteiger partial charge in [-0.25, -0.2) is 8.42 Å². The molecule has 0 saturated carbocycles. The van der Waals surface area contributed by atoms with Crippen LogP contribution in [0.25, 0.3) is 10.9 Å². The summed E-state index contributed by atoms with van der Waals surface area (Å²) in [6, 6.07) is 10.0. The van der Waals surface area contributed by atoms with Gasteiger partial charge in [-0.05, 0) is 48.5 Å². The molecule has 0 aliphatic carbocycles. The van der Waals surface area contributed by atoms with Crippen LogP contribution in [0.1, 0.15) is 5.56 Å². The Labute approximate surface area is 130 Å². The number of H-pyrrole nitrogens is 1. The molecular weight excluding hydrogens is 329 g/mol. The number of anilines is 1. The van der Waals surface area contributed by atoms with Gasteiger partial charge in [0.2, 0.25) is 0 Å². The van der Waals surface area contributed by atoms with Crippen molar-refractivity contribution in [2.45, 2.75) is 11.1 Å². The lowest BCUT2D eigenvalue weighted by Crippen LogP contribution is -2.13. The van der Waals surface area contributed by atoms with Gasteiger partial charge in [0.05, 0.1) is 10.5 Å². The summed E-state index contributed by atoms with van der Waals surface area (Å²) in [6.45, 7) is 0. The Morgan fingerprint density at radius 1 is 0.957 bits per heavy atom. The minimum atomic E-state index is -4.50. The Bertz CT molecular complexity index is 945. The summed E-state index contributed by atoms with van der Waals surface area (Å²) in [7, 11) is -3.95. The van der Waals surface area contributed by atoms with Gasteiger partial charge < -0.3 is 4.98 Å². The predicted octanol–water partition coefficient (Wildman–Crippen LogP) is 3.99. The summed E-state index contributed by atoms with van der Waals surface area (Å²) in [5.41, 5.74) is 0.282. The number of aromatic nitrogens is 1. The Kier molecular flexibility index (Phi) is 3.56. The average molecular weight is 340 g/mol. The number of aromatic amines is 1. The number of sulfonamides is 1. The quantitative estimate of drug-likeness (QED) is 0.757. The van der Waals surface area contributed by atoms with Crippen molar-refractivity contribution in [3.63, 3.8) is 0 Å². The number of benzene rings is 2. The van der Waals surface area contributed by atoms with Gasteiger partial charge in [-0.15, -0.1) is 0 Å². The lowest BCUT2D eigenvalue weighted by Gasteiger charge is -2.10. The highest BCUT2D eigenvalue weighted by Crippen LogP contribution is 2.30. The monoisotopic (exact) mass is 340 g/mol. The van der Waals surface area contributed by atoms with E-state index in [4.69, 9.17) is 0 Å². The third-order valence-corrected chi connectivity index (χ3v) is 4.69. The molecule has 0 fully saturated rings. The molecule has 0 spiro atoms. The minimum absolute atomic E-state index is 0.236. The molecule has 3 aromatic rings. The van der Waals surface area contributed by atoms with Crippen LogP contribution in [0.15, 0.2) is 59.6 Å². The van der Waals surface area contributed by atoms with Crippen LogP contribution in [-0.2, 0) is 16.2 Å². The smallest absolute Gasteiger partial charge is 0.361 e. The van der Waals surface area contributed by atoms with Crippen molar-refractivity contribution < 1.29 is 21.6 Å². The maximum atomic E-state index is 12.5. The maximum Gasteiger partial charge on any atom is 0.416 e. The van der Waals surface area contributed by atoms with Crippen molar-refractivity contribution in [3.8, 4) is 0 Å². The van der Waals surface area contributed by atoms with Gasteiger partial charge in [0.25, 0.3) is 10.0 Å². The molecular formula is C15H11F3N2O2S. The van der Waals surface area contributed by atoms with Crippen LogP contribution >= 0.6 is 0 Å². The molecule has 0 saturated heterocycles. The summed E-state index contributed by atoms with van der Waals surface area (Å²) < 4.78 is 64.4. The van der Waals surface area contributed by atoms with E-state index in [0.717, 1.165) is 35.2 Å². The van der Waals surface area contributed by atoms with E-state index in [9.17, 15) is 21.6 Å². The van der Waals surface area contributed by atoms with E-state index < -0.39 is 21.8 Å². The number of halogens is 3. The molecule has 0 amide bonds. The van der Waals surface area contributed by atoms with Crippen LogP contribution in [0, 0.1) is 0 Å². The molecule has 0 unspecified atom stereocenters. The van der Waals surface area contributed by atoms with E-state index in [0.29, 0.717) is 5.69 Å². The zero-order valence-corrected chi connectivity index (χ0v) is 12.4. The Morgan fingerprint density at radius 3 is 2.30 bits per heavy atom. The van der Waals surface area contributed by atoms with Crippen molar-refractivity contribution in [2.75, 3.05) is 4.72 Å². The Balaban J connectivity index is 1.88. The molecule has 0 aliphatic heterocycles. The molecule has 0 aliphatic rings. The second-order valence-corrected chi connectivity index (χ2v) is 6.59. The van der Waals surface area contributed by atoms with Gasteiger partial charge in [-0.2, -0.15) is 13.2 Å². The van der Waals surface area contributed by atoms with Crippen LogP contribution in [0.5, 0.6) is 0 Å². The number of fused-ring (bicyclic) bond motifs is 1. The third kappa shape index (κ3) is 3.16. The first-order valence-corrected chi connectivity index (χ1v) is 8.01. The van der Waals surface area contributed by atoms with Crippen LogP contribution in [0.4, 0.5) is 18.9 Å². The second kappa shape index (κ2) is 5.31. The normalized spacial score (nSPS) is 12.5. The molecule has 1 heterocycles. The zero-order chi connectivity index (χ0) is 16.7. The van der Waals surface area contributed by atoms with Crippen LogP contribution in [-0.4, -0.2) is 13.4 Å². The fraction of sp³-hybridized carbons (Fsp3) is 0.0667. The van der Waals surface area contributed by atoms with Crippen molar-refractivity contribution in [1.29, 1.82) is 0 Å². The Hall–Kier alpha value is -2.48. The predicted molar refractivity (Wildman–Crippen MR) is 80.6 cm³/mol. The molecule has 23 heavy (non-hydrogen) atoms. The fourth-order valence-electron chi connectivity index (χ4n) is 2.15. The molecule has 0 radical (unpaired) electrons. The summed E-state index contributed by atoms with van der Waals surface area (Å²) in [4.78, 5) is 2.74. The molecule has 4 nitrogen and oxygen atoms in total. The average Bonchev–Trinajstić information content (AvgIpc) is 2.93. The van der Waals surface area contributed by atoms with E-state index in [1.165, 1.54) is 0 Å². The molecule has 8 heteroatoms. The second-order valence-electron chi connectivity index (χ2n) is 4.91. The number of nitrogens with one attached hydrogen (secondary N) is 2. The lowest BCUT2D eigenvalue weighted by atomic mass is 10.2. The van der Waals surface area contributed by atoms with E-state index in [2.05, 4.69) is 9.71 Å². The number of hydrogen-bond donors (Lipinski definition) is 2. The highest BCUT2D eigenvalue weighted by molar-refractivity contribution is 7.92. The maximum absolute atomic E-state index is 12.5. The number of hydrogen-bond acceptors (Lipinski definition) is 2. The standard InChI is InChI=1S/C15H11F3N2O2S/c16-15(17,18)11-1-4-13(5-2-11)23(21,22)20-12-3-6-14-10(9-12)7-8-19-14/h1-9,19-20H. The van der Waals surface area contributed by atoms with Gasteiger partial charge in [0, 0.05) is 22.8 Å². The lowest BCUT2D eigenvalue weighted by molar-refractivity contribution is -0.137. The van der Waals surface area contributed by atoms with Crippen LogP contribution in [0.2, 0.25) is 0 Å². The topological polar surface area (TPSA) is 62.0 Å². The summed E-state index contributed by atoms with van der Waals surface area (Å²) in [5.74, 6) is 0. The number of rotatable bonds is 3. The van der Waals surface area contributed by atoms with E-state index >= 15 is 0 Å². The van der Waals surface area contributed by atoms with Crippen LogP contribution < -0.4 is 4.72 Å². The highest BCUT2D eigenvalue weighted by atomic mass is 32.2. The molecule has 2 N–H and O–H groups in total. The van der Waals surface area contributed by atoms with E-state index in [1.807, 2.05) is 0 Å². The first-order valence-electron chi connectivity index (χ1n) is 6.53. The van der Waals surface area contributed by atoms with Gasteiger partial charge in [-0.1, -0.05) is 0 Å². The third-order valence-electron chi connectivity index (χ3n) is 3.30. The summed E-state index contributed by atoms with van der Waals surface area (Å²) in [6.07, 6.45) is -2.78. The van der Waals surface area contributed by atoms with Gasteiger partial charge in [0.1, 0.15) is 0 Å². The van der Waals surface area contributed by atoms with Crippen molar-refractivity contribution in [3.05, 3.63) is 60.3 Å². The first-order chi connectivity index (χ1) is 10.8. The first kappa shape index (κ1) is 15.4. The molecule has 0 bridgehead atoms. The minimum Gasteiger partial charge on any atom is -0.361 e. The Morgan fingerprint density at radius 2 is 1.65 bits per heavy atom. The largest absolute Gasteiger partial charge is 0.416 e. The van der Waals surface area contributed by atoms with Gasteiger partial charge >= 0.3 is 6.18 Å². The summed E-state index contributed by atoms with van der Waals surface area (Å²) >= 11 is 0. The fourth-order valence-corrected chi connectivity index (χ4v) is 3.20. The van der Waals surface area contributed by atoms with Crippen molar-refractivity contribution in [1.82, 2.24) is 4.98 Å². The molecule has 0 atom stereocenters. The van der Waals surface area contributed by atoms with Crippen LogP contribution in [0.3, 0.4) is 0 Å². The van der Waals surface area contributed by atoms with Gasteiger partial charge in [0.15, 0.2) is 0 Å². The highest BCUT2D eigenvalue weighted by Gasteiger charge is 2.30. The van der Waals surface area contributed by atoms with Gasteiger partial charge in [-0.3, -0.25) is 4.72 Å². The molecule has 3 rings (SSSR count). The zero-order valence-electron chi connectivity index (χ0n) is 11.6. The molecule has 1 aromatic heterocycles. The molecule has 2 aromatic carbocycles. The molecule has 120 valence electrons. The van der Waals surface area contributed by atoms with Crippen molar-refractivity contribution >= 4 is 26.6 Å². The van der Waals surface area contributed by atoms with E-state index in [1.54, 1.807) is 30.5 Å². The summed E-state index contributed by atoms with van der Waals surface area (Å²) in [5, 5.41) is 0.817. The van der Waals surface area contributed by atoms with E-state index in [-0.39, 0.29) is 4.90 Å².